The van der Waals surface area contributed by atoms with Crippen LogP contribution in [0.2, 0.25) is 0 Å². The molecule has 0 aromatic carbocycles. The van der Waals surface area contributed by atoms with Crippen LogP contribution in [0.3, 0.4) is 0 Å². The lowest BCUT2D eigenvalue weighted by Crippen LogP contribution is -2.42. The van der Waals surface area contributed by atoms with Gasteiger partial charge in [-0.25, -0.2) is 9.69 Å². The molecule has 2 rings (SSSR count). The molecule has 1 fully saturated rings. The number of amides is 5. The first-order chi connectivity index (χ1) is 10.5. The summed E-state index contributed by atoms with van der Waals surface area (Å²) >= 11 is 0. The fourth-order valence-corrected chi connectivity index (χ4v) is 1.96. The molecule has 1 aromatic rings. The lowest BCUT2D eigenvalue weighted by molar-refractivity contribution is -0.144. The minimum absolute atomic E-state index is 0.0731. The van der Waals surface area contributed by atoms with Crippen molar-refractivity contribution in [3.05, 3.63) is 36.8 Å². The van der Waals surface area contributed by atoms with Crippen molar-refractivity contribution in [1.29, 1.82) is 0 Å². The number of hydrogen-bond donors (Lipinski definition) is 0. The van der Waals surface area contributed by atoms with Crippen LogP contribution in [-0.4, -0.2) is 58.6 Å². The van der Waals surface area contributed by atoms with Crippen molar-refractivity contribution < 1.29 is 23.6 Å². The Kier molecular flexibility index (Phi) is 4.40. The van der Waals surface area contributed by atoms with Crippen LogP contribution in [0.1, 0.15) is 5.76 Å². The van der Waals surface area contributed by atoms with Crippen LogP contribution in [0.15, 0.2) is 35.5 Å². The maximum absolute atomic E-state index is 12.1. The molecule has 0 atom stereocenters. The first kappa shape index (κ1) is 15.5. The van der Waals surface area contributed by atoms with Crippen molar-refractivity contribution in [2.24, 2.45) is 0 Å². The molecular formula is C14H15N3O5. The van der Waals surface area contributed by atoms with Gasteiger partial charge in [0.25, 0.3) is 0 Å². The van der Waals surface area contributed by atoms with Crippen LogP contribution >= 0.6 is 0 Å². The second-order valence-corrected chi connectivity index (χ2v) is 4.71. The van der Waals surface area contributed by atoms with Crippen molar-refractivity contribution in [3.8, 4) is 0 Å². The van der Waals surface area contributed by atoms with Gasteiger partial charge in [0.2, 0.25) is 5.91 Å². The summed E-state index contributed by atoms with van der Waals surface area (Å²) in [4.78, 5) is 50.1. The maximum Gasteiger partial charge on any atom is 0.335 e. The number of imide groups is 2. The van der Waals surface area contributed by atoms with Gasteiger partial charge in [-0.3, -0.25) is 19.3 Å². The zero-order valence-electron chi connectivity index (χ0n) is 12.0. The molecule has 0 unspecified atom stereocenters. The molecule has 8 heteroatoms. The van der Waals surface area contributed by atoms with Gasteiger partial charge in [-0.05, 0) is 12.1 Å². The van der Waals surface area contributed by atoms with E-state index in [1.54, 1.807) is 12.1 Å². The van der Waals surface area contributed by atoms with Crippen LogP contribution in [0.4, 0.5) is 4.79 Å². The summed E-state index contributed by atoms with van der Waals surface area (Å²) in [6.07, 6.45) is 2.81. The Bertz CT molecular complexity index is 622. The average molecular weight is 305 g/mol. The zero-order valence-corrected chi connectivity index (χ0v) is 12.0. The molecule has 0 aliphatic carbocycles. The smallest absolute Gasteiger partial charge is 0.335 e. The molecule has 116 valence electrons. The topological polar surface area (TPSA) is 91.1 Å². The number of nitrogens with zero attached hydrogens (tertiary/aromatic N) is 3. The van der Waals surface area contributed by atoms with Gasteiger partial charge >= 0.3 is 17.8 Å². The van der Waals surface area contributed by atoms with Crippen molar-refractivity contribution in [3.63, 3.8) is 0 Å². The highest BCUT2D eigenvalue weighted by molar-refractivity contribution is 6.45. The molecule has 2 heterocycles. The normalized spacial score (nSPS) is 14.7. The Morgan fingerprint density at radius 2 is 2.00 bits per heavy atom. The average Bonchev–Trinajstić information content (AvgIpc) is 3.06. The van der Waals surface area contributed by atoms with Crippen molar-refractivity contribution in [2.45, 2.75) is 6.54 Å². The van der Waals surface area contributed by atoms with Crippen LogP contribution in [0.5, 0.6) is 0 Å². The Morgan fingerprint density at radius 3 is 2.59 bits per heavy atom. The van der Waals surface area contributed by atoms with Gasteiger partial charge in [0, 0.05) is 13.6 Å². The van der Waals surface area contributed by atoms with E-state index in [9.17, 15) is 19.2 Å². The summed E-state index contributed by atoms with van der Waals surface area (Å²) in [7, 11) is 1.51. The SMILES string of the molecule is C=CCN1C(=O)C(=O)N(CC(=O)N(C)Cc2ccco2)C1=O. The Balaban J connectivity index is 2.01. The summed E-state index contributed by atoms with van der Waals surface area (Å²) in [5.41, 5.74) is 0. The van der Waals surface area contributed by atoms with Crippen molar-refractivity contribution in [1.82, 2.24) is 14.7 Å². The van der Waals surface area contributed by atoms with E-state index in [4.69, 9.17) is 4.42 Å². The van der Waals surface area contributed by atoms with E-state index >= 15 is 0 Å². The third-order valence-electron chi connectivity index (χ3n) is 3.14. The molecule has 5 amide bonds. The molecule has 0 N–H and O–H groups in total. The molecule has 1 saturated heterocycles. The molecule has 22 heavy (non-hydrogen) atoms. The van der Waals surface area contributed by atoms with Gasteiger partial charge in [-0.1, -0.05) is 6.08 Å². The molecule has 1 aliphatic rings. The third kappa shape index (κ3) is 2.90. The van der Waals surface area contributed by atoms with Crippen molar-refractivity contribution >= 4 is 23.8 Å². The monoisotopic (exact) mass is 305 g/mol. The van der Waals surface area contributed by atoms with Crippen LogP contribution in [0.25, 0.3) is 0 Å². The number of furan rings is 1. The molecule has 0 bridgehead atoms. The van der Waals surface area contributed by atoms with Crippen molar-refractivity contribution in [2.75, 3.05) is 20.1 Å². The molecule has 8 nitrogen and oxygen atoms in total. The molecule has 0 spiro atoms. The Hall–Kier alpha value is -2.90. The number of urea groups is 1. The highest BCUT2D eigenvalue weighted by atomic mass is 16.3. The summed E-state index contributed by atoms with van der Waals surface area (Å²) in [6, 6.07) is 2.58. The number of carbonyl (C=O) groups is 4. The van der Waals surface area contributed by atoms with Gasteiger partial charge in [-0.15, -0.1) is 6.58 Å². The molecule has 1 aromatic heterocycles. The van der Waals surface area contributed by atoms with Crippen LogP contribution in [0, 0.1) is 0 Å². The zero-order chi connectivity index (χ0) is 16.3. The highest BCUT2D eigenvalue weighted by Gasteiger charge is 2.44. The fourth-order valence-electron chi connectivity index (χ4n) is 1.96. The second-order valence-electron chi connectivity index (χ2n) is 4.71. The Labute approximate surface area is 126 Å². The van der Waals surface area contributed by atoms with E-state index in [2.05, 4.69) is 6.58 Å². The van der Waals surface area contributed by atoms with Gasteiger partial charge in [-0.2, -0.15) is 0 Å². The lowest BCUT2D eigenvalue weighted by atomic mass is 10.4. The highest BCUT2D eigenvalue weighted by Crippen LogP contribution is 2.12. The minimum atomic E-state index is -1.01. The van der Waals surface area contributed by atoms with Gasteiger partial charge in [0.1, 0.15) is 12.3 Å². The molecule has 0 saturated carbocycles. The summed E-state index contributed by atoms with van der Waals surface area (Å²) in [6.45, 7) is 3.05. The van der Waals surface area contributed by atoms with Crippen LogP contribution in [-0.2, 0) is 20.9 Å². The van der Waals surface area contributed by atoms with E-state index < -0.39 is 30.3 Å². The predicted molar refractivity (Wildman–Crippen MR) is 74.2 cm³/mol. The van der Waals surface area contributed by atoms with Crippen LogP contribution < -0.4 is 0 Å². The Morgan fingerprint density at radius 1 is 1.32 bits per heavy atom. The summed E-state index contributed by atoms with van der Waals surface area (Å²) in [5, 5.41) is 0. The van der Waals surface area contributed by atoms with E-state index in [1.807, 2.05) is 0 Å². The standard InChI is InChI=1S/C14H15N3O5/c1-3-6-16-12(19)13(20)17(14(16)21)9-11(18)15(2)8-10-5-4-7-22-10/h3-5,7H,1,6,8-9H2,2H3. The van der Waals surface area contributed by atoms with E-state index in [1.165, 1.54) is 24.3 Å². The van der Waals surface area contributed by atoms with E-state index in [0.717, 1.165) is 4.90 Å². The summed E-state index contributed by atoms with van der Waals surface area (Å²) in [5.74, 6) is -1.87. The van der Waals surface area contributed by atoms with E-state index in [-0.39, 0.29) is 13.1 Å². The number of rotatable bonds is 6. The van der Waals surface area contributed by atoms with Gasteiger partial charge in [0.15, 0.2) is 0 Å². The lowest BCUT2D eigenvalue weighted by Gasteiger charge is -2.19. The molecule has 1 aliphatic heterocycles. The van der Waals surface area contributed by atoms with Gasteiger partial charge < -0.3 is 9.32 Å². The quantitative estimate of drug-likeness (QED) is 0.426. The molecular weight excluding hydrogens is 290 g/mol. The predicted octanol–water partition coefficient (Wildman–Crippen LogP) is 0.215. The largest absolute Gasteiger partial charge is 0.467 e. The van der Waals surface area contributed by atoms with E-state index in [0.29, 0.717) is 10.7 Å². The minimum Gasteiger partial charge on any atom is -0.467 e. The first-order valence-corrected chi connectivity index (χ1v) is 6.50. The summed E-state index contributed by atoms with van der Waals surface area (Å²) < 4.78 is 5.12. The van der Waals surface area contributed by atoms with Gasteiger partial charge in [0.05, 0.1) is 12.8 Å². The fraction of sp³-hybridized carbons (Fsp3) is 0.286. The number of carbonyl (C=O) groups excluding carboxylic acids is 4. The number of hydrogen-bond acceptors (Lipinski definition) is 5. The maximum atomic E-state index is 12.1. The first-order valence-electron chi connectivity index (χ1n) is 6.50. The molecule has 0 radical (unpaired) electrons. The third-order valence-corrected chi connectivity index (χ3v) is 3.14. The second kappa shape index (κ2) is 6.25. The number of likely N-dealkylation sites (N-methyl/N-ethyl adjacent to an activating group) is 1.